The van der Waals surface area contributed by atoms with E-state index in [1.807, 2.05) is 0 Å². The molecule has 0 aromatic carbocycles. The summed E-state index contributed by atoms with van der Waals surface area (Å²) in [5.41, 5.74) is 0. The Balaban J connectivity index is -0.00000000667. The summed E-state index contributed by atoms with van der Waals surface area (Å²) in [6.07, 6.45) is 0. The molecule has 0 heterocycles. The van der Waals surface area contributed by atoms with Crippen LogP contribution in [0.2, 0.25) is 0 Å². The van der Waals surface area contributed by atoms with Crippen molar-refractivity contribution in [2.24, 2.45) is 5.34 Å². The van der Waals surface area contributed by atoms with Gasteiger partial charge in [0.25, 0.3) is 0 Å². The molecule has 6 heavy (non-hydrogen) atoms. The number of rotatable bonds is 0. The zero-order valence-corrected chi connectivity index (χ0v) is 2.30. The first-order valence-electron chi connectivity index (χ1n) is 0.383. The SMILES string of the molecule is O.O.O=NO.[CaH2]. The van der Waals surface area contributed by atoms with Gasteiger partial charge in [-0.05, 0) is 0 Å². The van der Waals surface area contributed by atoms with Crippen molar-refractivity contribution in [1.29, 1.82) is 0 Å². The maximum atomic E-state index is 8.11. The molecule has 6 heteroatoms. The molecule has 0 radical (unpaired) electrons. The summed E-state index contributed by atoms with van der Waals surface area (Å²) in [4.78, 5) is 8.11. The summed E-state index contributed by atoms with van der Waals surface area (Å²) in [5.74, 6) is 0. The second kappa shape index (κ2) is 46.9. The van der Waals surface area contributed by atoms with Crippen LogP contribution in [0.5, 0.6) is 0 Å². The predicted molar refractivity (Wildman–Crippen MR) is 23.4 cm³/mol. The van der Waals surface area contributed by atoms with Gasteiger partial charge in [0.05, 0.1) is 0 Å². The van der Waals surface area contributed by atoms with Crippen LogP contribution >= 0.6 is 0 Å². The van der Waals surface area contributed by atoms with Gasteiger partial charge in [-0.15, -0.1) is 4.91 Å². The molecule has 0 aromatic heterocycles. The molecule has 5 nitrogen and oxygen atoms in total. The first-order valence-corrected chi connectivity index (χ1v) is 0.383. The summed E-state index contributed by atoms with van der Waals surface area (Å²) in [6.45, 7) is 0. The van der Waals surface area contributed by atoms with Crippen LogP contribution < -0.4 is 0 Å². The molecule has 0 aliphatic heterocycles. The molecular weight excluding hydrogens is 118 g/mol. The zero-order valence-electron chi connectivity index (χ0n) is 2.30. The molecule has 0 aliphatic carbocycles. The van der Waals surface area contributed by atoms with Crippen LogP contribution in [0.15, 0.2) is 5.34 Å². The van der Waals surface area contributed by atoms with Gasteiger partial charge in [0.1, 0.15) is 0 Å². The Morgan fingerprint density at radius 3 is 1.33 bits per heavy atom. The topological polar surface area (TPSA) is 113 Å². The second-order valence-corrected chi connectivity index (χ2v) is 0.0816. The van der Waals surface area contributed by atoms with Crippen molar-refractivity contribution in [2.45, 2.75) is 0 Å². The van der Waals surface area contributed by atoms with E-state index in [2.05, 4.69) is 0 Å². The minimum atomic E-state index is 0. The first-order chi connectivity index (χ1) is 1.41. The molecule has 0 unspecified atom stereocenters. The number of hydrogen-bond donors (Lipinski definition) is 1. The molecule has 0 saturated carbocycles. The Kier molecular flexibility index (Phi) is 241. The summed E-state index contributed by atoms with van der Waals surface area (Å²) >= 11 is 0. The molecule has 0 spiro atoms. The third-order valence-electron chi connectivity index (χ3n) is 0. The van der Waals surface area contributed by atoms with E-state index in [4.69, 9.17) is 10.1 Å². The van der Waals surface area contributed by atoms with Gasteiger partial charge in [-0.2, -0.15) is 0 Å². The molecule has 0 fully saturated rings. The van der Waals surface area contributed by atoms with E-state index in [9.17, 15) is 0 Å². The van der Waals surface area contributed by atoms with Crippen LogP contribution in [-0.4, -0.2) is 53.9 Å². The van der Waals surface area contributed by atoms with Crippen molar-refractivity contribution in [1.82, 2.24) is 0 Å². The van der Waals surface area contributed by atoms with Crippen molar-refractivity contribution >= 4 is 37.7 Å². The van der Waals surface area contributed by atoms with E-state index in [0.717, 1.165) is 0 Å². The minimum absolute atomic E-state index is 0. The van der Waals surface area contributed by atoms with E-state index >= 15 is 0 Å². The Morgan fingerprint density at radius 1 is 1.33 bits per heavy atom. The fourth-order valence-corrected chi connectivity index (χ4v) is 0. The Morgan fingerprint density at radius 2 is 1.33 bits per heavy atom. The predicted octanol–water partition coefficient (Wildman–Crippen LogP) is -2.42. The van der Waals surface area contributed by atoms with E-state index in [-0.39, 0.29) is 48.7 Å². The van der Waals surface area contributed by atoms with E-state index in [1.165, 1.54) is 5.34 Å². The molecule has 0 amide bonds. The molecule has 5 N–H and O–H groups in total. The molecule has 0 aromatic rings. The average Bonchev–Trinajstić information content (AvgIpc) is 0.918. The van der Waals surface area contributed by atoms with Crippen LogP contribution in [0.3, 0.4) is 0 Å². The monoisotopic (exact) mass is 125 g/mol. The second-order valence-electron chi connectivity index (χ2n) is 0.0816. The van der Waals surface area contributed by atoms with Gasteiger partial charge < -0.3 is 16.2 Å². The van der Waals surface area contributed by atoms with Crippen LogP contribution in [-0.2, 0) is 0 Å². The number of hydrogen-bond acceptors (Lipinski definition) is 2. The standard InChI is InChI=1S/Ca.HNO2.2H2O.2H/c;2-1-3;;;;/h;(H,2,3);2*1H2;;. The van der Waals surface area contributed by atoms with Crippen molar-refractivity contribution < 1.29 is 16.2 Å². The summed E-state index contributed by atoms with van der Waals surface area (Å²) in [7, 11) is 0. The molecular formula is H7CaNO4. The van der Waals surface area contributed by atoms with E-state index in [0.29, 0.717) is 0 Å². The average molecular weight is 125 g/mol. The molecule has 0 saturated heterocycles. The maximum absolute atomic E-state index is 8.11. The Labute approximate surface area is 63.9 Å². The summed E-state index contributed by atoms with van der Waals surface area (Å²) < 4.78 is 0. The van der Waals surface area contributed by atoms with Crippen LogP contribution in [0.25, 0.3) is 0 Å². The van der Waals surface area contributed by atoms with Crippen molar-refractivity contribution in [2.75, 3.05) is 0 Å². The van der Waals surface area contributed by atoms with Crippen LogP contribution in [0.1, 0.15) is 0 Å². The van der Waals surface area contributed by atoms with Gasteiger partial charge in [0, 0.05) is 0 Å². The zero-order chi connectivity index (χ0) is 2.71. The Hall–Kier alpha value is 0.580. The van der Waals surface area contributed by atoms with Gasteiger partial charge >= 0.3 is 37.7 Å². The molecule has 0 aliphatic rings. The molecule has 0 atom stereocenters. The third kappa shape index (κ3) is 175. The Bertz CT molecular complexity index is 15.0. The first kappa shape index (κ1) is 30.8. The third-order valence-corrected chi connectivity index (χ3v) is 0. The normalized spacial score (nSPS) is 2.00. The van der Waals surface area contributed by atoms with E-state index in [1.54, 1.807) is 0 Å². The van der Waals surface area contributed by atoms with Gasteiger partial charge in [0.15, 0.2) is 5.34 Å². The number of nitrogens with zero attached hydrogens (tertiary/aromatic N) is 1. The van der Waals surface area contributed by atoms with Crippen LogP contribution in [0, 0.1) is 4.91 Å². The fraction of sp³-hybridized carbons (Fsp3) is 0. The van der Waals surface area contributed by atoms with Gasteiger partial charge in [0.2, 0.25) is 0 Å². The molecule has 0 bridgehead atoms. The quantitative estimate of drug-likeness (QED) is 0.220. The molecule has 38 valence electrons. The van der Waals surface area contributed by atoms with Gasteiger partial charge in [-0.1, -0.05) is 0 Å². The fourth-order valence-electron chi connectivity index (χ4n) is 0. The van der Waals surface area contributed by atoms with Gasteiger partial charge in [-0.3, -0.25) is 0 Å². The van der Waals surface area contributed by atoms with Crippen molar-refractivity contribution in [3.05, 3.63) is 4.91 Å². The summed E-state index contributed by atoms with van der Waals surface area (Å²) in [5, 5.41) is 7.89. The van der Waals surface area contributed by atoms with Gasteiger partial charge in [-0.25, -0.2) is 0 Å². The van der Waals surface area contributed by atoms with E-state index < -0.39 is 0 Å². The molecule has 0 rings (SSSR count). The van der Waals surface area contributed by atoms with Crippen LogP contribution in [0.4, 0.5) is 0 Å². The van der Waals surface area contributed by atoms with Crippen molar-refractivity contribution in [3.8, 4) is 0 Å². The summed E-state index contributed by atoms with van der Waals surface area (Å²) in [6, 6.07) is 0. The van der Waals surface area contributed by atoms with Crippen molar-refractivity contribution in [3.63, 3.8) is 0 Å².